The number of nitrogens with zero attached hydrogens (tertiary/aromatic N) is 1. The van der Waals surface area contributed by atoms with E-state index in [1.165, 1.54) is 13.0 Å². The quantitative estimate of drug-likeness (QED) is 0.833. The molecule has 0 bridgehead atoms. The maximum absolute atomic E-state index is 13.4. The minimum absolute atomic E-state index is 0.0422. The molecule has 0 atom stereocenters. The van der Waals surface area contributed by atoms with E-state index in [2.05, 4.69) is 9.88 Å². The van der Waals surface area contributed by atoms with E-state index in [-0.39, 0.29) is 22.7 Å². The standard InChI is InChI=1S/C12H14FN3O3S/c1-7-3-10(5-11(14)12(7)13)20(17,18)15-6-9-4-8(2)16-19-9/h3-5,15H,6,14H2,1-2H3. The zero-order valence-electron chi connectivity index (χ0n) is 11.0. The van der Waals surface area contributed by atoms with Crippen LogP contribution in [0.3, 0.4) is 0 Å². The lowest BCUT2D eigenvalue weighted by atomic mass is 10.2. The third kappa shape index (κ3) is 2.97. The molecule has 1 aromatic carbocycles. The summed E-state index contributed by atoms with van der Waals surface area (Å²) in [7, 11) is -3.80. The Morgan fingerprint density at radius 1 is 1.35 bits per heavy atom. The lowest BCUT2D eigenvalue weighted by Crippen LogP contribution is -2.23. The maximum atomic E-state index is 13.4. The van der Waals surface area contributed by atoms with E-state index in [1.54, 1.807) is 13.0 Å². The molecule has 0 saturated heterocycles. The van der Waals surface area contributed by atoms with Gasteiger partial charge in [-0.05, 0) is 31.5 Å². The third-order valence-electron chi connectivity index (χ3n) is 2.68. The lowest BCUT2D eigenvalue weighted by molar-refractivity contribution is 0.377. The van der Waals surface area contributed by atoms with Crippen LogP contribution in [0.15, 0.2) is 27.6 Å². The van der Waals surface area contributed by atoms with Crippen LogP contribution >= 0.6 is 0 Å². The SMILES string of the molecule is Cc1cc(CNS(=O)(=O)c2cc(C)c(F)c(N)c2)on1. The van der Waals surface area contributed by atoms with Gasteiger partial charge in [0.15, 0.2) is 5.76 Å². The van der Waals surface area contributed by atoms with Crippen molar-refractivity contribution in [1.29, 1.82) is 0 Å². The zero-order valence-corrected chi connectivity index (χ0v) is 11.8. The summed E-state index contributed by atoms with van der Waals surface area (Å²) in [6.07, 6.45) is 0. The van der Waals surface area contributed by atoms with Gasteiger partial charge in [-0.1, -0.05) is 5.16 Å². The number of hydrogen-bond donors (Lipinski definition) is 2. The number of nitrogens with one attached hydrogen (secondary N) is 1. The number of halogens is 1. The predicted molar refractivity (Wildman–Crippen MR) is 70.8 cm³/mol. The number of aryl methyl sites for hydroxylation is 2. The fourth-order valence-electron chi connectivity index (χ4n) is 1.67. The summed E-state index contributed by atoms with van der Waals surface area (Å²) < 4.78 is 44.8. The fraction of sp³-hybridized carbons (Fsp3) is 0.250. The Balaban J connectivity index is 2.22. The Hall–Kier alpha value is -1.93. The summed E-state index contributed by atoms with van der Waals surface area (Å²) in [5.41, 5.74) is 6.05. The van der Waals surface area contributed by atoms with Crippen LogP contribution in [0.5, 0.6) is 0 Å². The topological polar surface area (TPSA) is 98.2 Å². The molecule has 2 aromatic rings. The molecule has 2 rings (SSSR count). The molecule has 108 valence electrons. The summed E-state index contributed by atoms with van der Waals surface area (Å²) in [5, 5.41) is 3.65. The number of aromatic nitrogens is 1. The molecule has 0 aliphatic rings. The van der Waals surface area contributed by atoms with Crippen LogP contribution in [-0.2, 0) is 16.6 Å². The molecule has 8 heteroatoms. The highest BCUT2D eigenvalue weighted by Crippen LogP contribution is 2.20. The number of nitrogen functional groups attached to an aromatic ring is 1. The molecule has 0 aliphatic heterocycles. The lowest BCUT2D eigenvalue weighted by Gasteiger charge is -2.08. The molecule has 20 heavy (non-hydrogen) atoms. The van der Waals surface area contributed by atoms with Gasteiger partial charge in [0.1, 0.15) is 5.82 Å². The van der Waals surface area contributed by atoms with E-state index in [9.17, 15) is 12.8 Å². The molecule has 1 heterocycles. The maximum Gasteiger partial charge on any atom is 0.241 e. The summed E-state index contributed by atoms with van der Waals surface area (Å²) in [6.45, 7) is 3.13. The molecular formula is C12H14FN3O3S. The van der Waals surface area contributed by atoms with Crippen molar-refractivity contribution in [1.82, 2.24) is 9.88 Å². The first-order valence-electron chi connectivity index (χ1n) is 5.77. The average Bonchev–Trinajstić information content (AvgIpc) is 2.79. The molecule has 3 N–H and O–H groups in total. The number of rotatable bonds is 4. The van der Waals surface area contributed by atoms with Crippen molar-refractivity contribution in [3.63, 3.8) is 0 Å². The Kier molecular flexibility index (Phi) is 3.78. The highest BCUT2D eigenvalue weighted by molar-refractivity contribution is 7.89. The first-order chi connectivity index (χ1) is 9.29. The van der Waals surface area contributed by atoms with E-state index in [0.717, 1.165) is 6.07 Å². The van der Waals surface area contributed by atoms with Gasteiger partial charge in [-0.15, -0.1) is 0 Å². The average molecular weight is 299 g/mol. The first-order valence-corrected chi connectivity index (χ1v) is 7.25. The number of benzene rings is 1. The smallest absolute Gasteiger partial charge is 0.241 e. The second kappa shape index (κ2) is 5.22. The van der Waals surface area contributed by atoms with Crippen LogP contribution in [0.4, 0.5) is 10.1 Å². The summed E-state index contributed by atoms with van der Waals surface area (Å²) in [4.78, 5) is -0.0925. The van der Waals surface area contributed by atoms with E-state index in [1.807, 2.05) is 0 Å². The number of anilines is 1. The van der Waals surface area contributed by atoms with Crippen molar-refractivity contribution in [2.45, 2.75) is 25.3 Å². The monoisotopic (exact) mass is 299 g/mol. The Morgan fingerprint density at radius 3 is 2.60 bits per heavy atom. The van der Waals surface area contributed by atoms with Crippen molar-refractivity contribution in [2.24, 2.45) is 0 Å². The summed E-state index contributed by atoms with van der Waals surface area (Å²) >= 11 is 0. The van der Waals surface area contributed by atoms with Crippen LogP contribution in [0.1, 0.15) is 17.0 Å². The highest BCUT2D eigenvalue weighted by atomic mass is 32.2. The van der Waals surface area contributed by atoms with Crippen molar-refractivity contribution < 1.29 is 17.3 Å². The largest absolute Gasteiger partial charge is 0.396 e. The van der Waals surface area contributed by atoms with Gasteiger partial charge >= 0.3 is 0 Å². The molecule has 0 unspecified atom stereocenters. The highest BCUT2D eigenvalue weighted by Gasteiger charge is 2.18. The van der Waals surface area contributed by atoms with Gasteiger partial charge in [-0.2, -0.15) is 0 Å². The van der Waals surface area contributed by atoms with E-state index >= 15 is 0 Å². The molecule has 0 spiro atoms. The van der Waals surface area contributed by atoms with Gasteiger partial charge in [0, 0.05) is 6.07 Å². The molecule has 0 saturated carbocycles. The number of hydrogen-bond acceptors (Lipinski definition) is 5. The van der Waals surface area contributed by atoms with Gasteiger partial charge in [-0.25, -0.2) is 17.5 Å². The van der Waals surface area contributed by atoms with E-state index < -0.39 is 15.8 Å². The minimum atomic E-state index is -3.80. The van der Waals surface area contributed by atoms with Gasteiger partial charge in [0.2, 0.25) is 10.0 Å². The molecule has 1 aromatic heterocycles. The molecule has 0 aliphatic carbocycles. The van der Waals surface area contributed by atoms with Crippen LogP contribution in [0, 0.1) is 19.7 Å². The molecule has 0 fully saturated rings. The van der Waals surface area contributed by atoms with Crippen LogP contribution < -0.4 is 10.5 Å². The second-order valence-electron chi connectivity index (χ2n) is 4.40. The third-order valence-corrected chi connectivity index (χ3v) is 4.06. The van der Waals surface area contributed by atoms with Gasteiger partial charge in [0.05, 0.1) is 22.8 Å². The van der Waals surface area contributed by atoms with Crippen molar-refractivity contribution in [2.75, 3.05) is 5.73 Å². The molecule has 6 nitrogen and oxygen atoms in total. The van der Waals surface area contributed by atoms with Gasteiger partial charge < -0.3 is 10.3 Å². The zero-order chi connectivity index (χ0) is 14.9. The van der Waals surface area contributed by atoms with Crippen LogP contribution in [-0.4, -0.2) is 13.6 Å². The van der Waals surface area contributed by atoms with Crippen molar-refractivity contribution in [3.8, 4) is 0 Å². The van der Waals surface area contributed by atoms with E-state index in [4.69, 9.17) is 10.3 Å². The minimum Gasteiger partial charge on any atom is -0.396 e. The van der Waals surface area contributed by atoms with Crippen molar-refractivity contribution in [3.05, 3.63) is 41.0 Å². The predicted octanol–water partition coefficient (Wildman–Crippen LogP) is 1.49. The number of sulfonamides is 1. The summed E-state index contributed by atoms with van der Waals surface area (Å²) in [5.74, 6) is -0.229. The van der Waals surface area contributed by atoms with Gasteiger partial charge in [0.25, 0.3) is 0 Å². The van der Waals surface area contributed by atoms with Crippen LogP contribution in [0.25, 0.3) is 0 Å². The fourth-order valence-corrected chi connectivity index (χ4v) is 2.78. The first kappa shape index (κ1) is 14.5. The van der Waals surface area contributed by atoms with E-state index in [0.29, 0.717) is 11.5 Å². The molecular weight excluding hydrogens is 285 g/mol. The summed E-state index contributed by atoms with van der Waals surface area (Å²) in [6, 6.07) is 3.92. The van der Waals surface area contributed by atoms with Crippen LogP contribution in [0.2, 0.25) is 0 Å². The Morgan fingerprint density at radius 2 is 2.05 bits per heavy atom. The van der Waals surface area contributed by atoms with Gasteiger partial charge in [-0.3, -0.25) is 0 Å². The normalized spacial score (nSPS) is 11.8. The molecule has 0 radical (unpaired) electrons. The number of nitrogens with two attached hydrogens (primary N) is 1. The molecule has 0 amide bonds. The second-order valence-corrected chi connectivity index (χ2v) is 6.17. The Labute approximate surface area is 115 Å². The Bertz CT molecular complexity index is 717. The van der Waals surface area contributed by atoms with Crippen molar-refractivity contribution >= 4 is 15.7 Å².